The van der Waals surface area contributed by atoms with Gasteiger partial charge in [-0.1, -0.05) is 120 Å². The van der Waals surface area contributed by atoms with E-state index in [1.165, 1.54) is 110 Å². The Labute approximate surface area is 342 Å². The van der Waals surface area contributed by atoms with Crippen LogP contribution < -0.4 is 0 Å². The van der Waals surface area contributed by atoms with Crippen LogP contribution in [0.5, 0.6) is 0 Å². The second-order valence-electron chi connectivity index (χ2n) is 18.4. The Hall–Kier alpha value is -0.200. The Morgan fingerprint density at radius 3 is 0.981 bits per heavy atom. The Kier molecular flexibility index (Phi) is 42.7. The summed E-state index contributed by atoms with van der Waals surface area (Å²) in [7, 11) is 11.1. The highest BCUT2D eigenvalue weighted by Gasteiger charge is 2.25. The lowest BCUT2D eigenvalue weighted by molar-refractivity contribution is 0.0967. The molecule has 5 heteroatoms. The van der Waals surface area contributed by atoms with Crippen LogP contribution in [0, 0.1) is 53.3 Å². The second kappa shape index (κ2) is 35.0. The van der Waals surface area contributed by atoms with Gasteiger partial charge in [-0.3, -0.25) is 0 Å². The maximum atomic E-state index is 2.51. The average Bonchev–Trinajstić information content (AvgIpc) is 3.44. The van der Waals surface area contributed by atoms with Crippen molar-refractivity contribution < 1.29 is 0 Å². The van der Waals surface area contributed by atoms with Gasteiger partial charge in [-0.05, 0) is 166 Å². The van der Waals surface area contributed by atoms with E-state index >= 15 is 0 Å². The summed E-state index contributed by atoms with van der Waals surface area (Å²) in [6, 6.07) is 0.855. The largest absolute Gasteiger partial charge is 0.306 e. The smallest absolute Gasteiger partial charge is 0.0115 e. The fourth-order valence-corrected chi connectivity index (χ4v) is 8.07. The van der Waals surface area contributed by atoms with Gasteiger partial charge in [-0.15, -0.1) is 0 Å². The molecule has 53 heavy (non-hydrogen) atoms. The van der Waals surface area contributed by atoms with Gasteiger partial charge in [0.05, 0.1) is 0 Å². The lowest BCUT2D eigenvalue weighted by Crippen LogP contribution is -2.46. The van der Waals surface area contributed by atoms with E-state index in [2.05, 4.69) is 129 Å². The molecule has 5 fully saturated rings. The van der Waals surface area contributed by atoms with Crippen molar-refractivity contribution in [2.45, 2.75) is 171 Å². The minimum atomic E-state index is 0. The normalized spacial score (nSPS) is 24.3. The van der Waals surface area contributed by atoms with Crippen LogP contribution in [0.1, 0.15) is 165 Å². The molecule has 330 valence electrons. The van der Waals surface area contributed by atoms with Crippen molar-refractivity contribution in [2.75, 3.05) is 94.1 Å². The van der Waals surface area contributed by atoms with Gasteiger partial charge in [-0.2, -0.15) is 0 Å². The van der Waals surface area contributed by atoms with Crippen molar-refractivity contribution in [3.8, 4) is 0 Å². The van der Waals surface area contributed by atoms with Gasteiger partial charge < -0.3 is 24.5 Å². The zero-order valence-corrected chi connectivity index (χ0v) is 35.0. The van der Waals surface area contributed by atoms with Crippen LogP contribution in [-0.4, -0.2) is 125 Å². The second-order valence-corrected chi connectivity index (χ2v) is 18.4. The molecule has 0 radical (unpaired) electrons. The van der Waals surface area contributed by atoms with E-state index in [1.807, 2.05) is 0 Å². The summed E-state index contributed by atoms with van der Waals surface area (Å²) >= 11 is 0. The Morgan fingerprint density at radius 2 is 0.698 bits per heavy atom. The van der Waals surface area contributed by atoms with Crippen molar-refractivity contribution in [3.63, 3.8) is 0 Å². The number of piperidine rings is 3. The number of likely N-dealkylation sites (tertiary alicyclic amines) is 5. The molecule has 0 bridgehead atoms. The van der Waals surface area contributed by atoms with Gasteiger partial charge in [0.25, 0.3) is 0 Å². The predicted octanol–water partition coefficient (Wildman–Crippen LogP) is 12.7. The van der Waals surface area contributed by atoms with Crippen molar-refractivity contribution >= 4 is 0 Å². The Balaban J connectivity index is -0.000000127. The summed E-state index contributed by atoms with van der Waals surface area (Å²) in [4.78, 5) is 12.2. The molecule has 5 nitrogen and oxygen atoms in total. The van der Waals surface area contributed by atoms with Gasteiger partial charge in [0.2, 0.25) is 0 Å². The van der Waals surface area contributed by atoms with Crippen LogP contribution in [0.4, 0.5) is 0 Å². The first-order valence-corrected chi connectivity index (χ1v) is 20.5. The maximum Gasteiger partial charge on any atom is 0.0115 e. The monoisotopic (exact) mass is 760 g/mol. The van der Waals surface area contributed by atoms with Crippen LogP contribution in [0.3, 0.4) is 0 Å². The molecule has 0 saturated carbocycles. The van der Waals surface area contributed by atoms with Gasteiger partial charge in [0.1, 0.15) is 0 Å². The zero-order valence-electron chi connectivity index (χ0n) is 35.0. The number of hydrogen-bond acceptors (Lipinski definition) is 5. The highest BCUT2D eigenvalue weighted by Crippen LogP contribution is 2.25. The molecule has 5 aliphatic heterocycles. The third-order valence-corrected chi connectivity index (χ3v) is 12.3. The standard InChI is InChI=1S/3C9H19N.C8H17N.C7H15N.6CH4/c1-8(2)9-4-6-10(3)7-5-9;1-8(2)9-5-4-6-10(3)7-9;1-8(2)9-6-4-5-7-10(9)3;1-7(2)8-4-5-9(3)6-8;1-6(2)7-4-8(3)5-7;;;;;;/h3*8-9H,4-7H2,1-3H3;7-8H,4-6H2,1-3H3;6-7H,4-5H2,1-3H3;6*1H4. The topological polar surface area (TPSA) is 16.2 Å². The third-order valence-electron chi connectivity index (χ3n) is 12.3. The number of nitrogens with zero attached hydrogens (tertiary/aromatic N) is 5. The minimum absolute atomic E-state index is 0. The first kappa shape index (κ1) is 64.7. The molecule has 3 atom stereocenters. The van der Waals surface area contributed by atoms with E-state index in [1.54, 1.807) is 0 Å². The molecule has 3 unspecified atom stereocenters. The molecular formula is C48H113N5. The Bertz CT molecular complexity index is 738. The van der Waals surface area contributed by atoms with Crippen LogP contribution in [0.15, 0.2) is 0 Å². The number of rotatable bonds is 5. The minimum Gasteiger partial charge on any atom is -0.306 e. The summed E-state index contributed by atoms with van der Waals surface area (Å²) in [6.45, 7) is 35.1. The van der Waals surface area contributed by atoms with Gasteiger partial charge in [-0.25, -0.2) is 0 Å². The van der Waals surface area contributed by atoms with Crippen LogP contribution in [-0.2, 0) is 0 Å². The molecule has 5 rings (SSSR count). The van der Waals surface area contributed by atoms with E-state index in [-0.39, 0.29) is 44.6 Å². The first-order chi connectivity index (χ1) is 22.0. The van der Waals surface area contributed by atoms with E-state index in [0.29, 0.717) is 0 Å². The van der Waals surface area contributed by atoms with Gasteiger partial charge in [0, 0.05) is 32.2 Å². The fraction of sp³-hybridized carbons (Fsp3) is 1.00. The van der Waals surface area contributed by atoms with Gasteiger partial charge >= 0.3 is 0 Å². The van der Waals surface area contributed by atoms with Crippen molar-refractivity contribution in [1.29, 1.82) is 0 Å². The molecular weight excluding hydrogens is 647 g/mol. The molecule has 0 aliphatic carbocycles. The van der Waals surface area contributed by atoms with E-state index < -0.39 is 0 Å². The molecule has 5 aliphatic rings. The summed E-state index contributed by atoms with van der Waals surface area (Å²) in [6.07, 6.45) is 11.3. The quantitative estimate of drug-likeness (QED) is 0.277. The molecule has 0 N–H and O–H groups in total. The highest BCUT2D eigenvalue weighted by atomic mass is 15.2. The molecule has 0 aromatic heterocycles. The van der Waals surface area contributed by atoms with Crippen LogP contribution in [0.25, 0.3) is 0 Å². The highest BCUT2D eigenvalue weighted by molar-refractivity contribution is 4.79. The SMILES string of the molecule is C.C.C.C.C.C.CC(C)C1CCCCN1C.CC(C)C1CCCN(C)C1.CC(C)C1CCN(C)C1.CC(C)C1CCN(C)CC1.CC(C)C1CN(C)C1. The molecule has 5 saturated heterocycles. The molecule has 0 amide bonds. The molecule has 0 aromatic carbocycles. The fourth-order valence-electron chi connectivity index (χ4n) is 8.07. The summed E-state index contributed by atoms with van der Waals surface area (Å²) in [5, 5.41) is 0. The average molecular weight is 760 g/mol. The Morgan fingerprint density at radius 1 is 0.321 bits per heavy atom. The maximum absolute atomic E-state index is 2.51. The van der Waals surface area contributed by atoms with E-state index in [9.17, 15) is 0 Å². The van der Waals surface area contributed by atoms with Gasteiger partial charge in [0.15, 0.2) is 0 Å². The van der Waals surface area contributed by atoms with Crippen LogP contribution >= 0.6 is 0 Å². The molecule has 0 spiro atoms. The summed E-state index contributed by atoms with van der Waals surface area (Å²) in [5.41, 5.74) is 0. The molecule has 0 aromatic rings. The van der Waals surface area contributed by atoms with E-state index in [4.69, 9.17) is 0 Å². The zero-order chi connectivity index (χ0) is 35.7. The lowest BCUT2D eigenvalue weighted by atomic mass is 9.87. The lowest BCUT2D eigenvalue weighted by Gasteiger charge is -2.38. The summed E-state index contributed by atoms with van der Waals surface area (Å²) in [5.74, 6) is 8.30. The van der Waals surface area contributed by atoms with E-state index in [0.717, 1.165) is 59.3 Å². The van der Waals surface area contributed by atoms with Crippen molar-refractivity contribution in [3.05, 3.63) is 0 Å². The van der Waals surface area contributed by atoms with Crippen molar-refractivity contribution in [1.82, 2.24) is 24.5 Å². The molecule has 5 heterocycles. The predicted molar refractivity (Wildman–Crippen MR) is 252 cm³/mol. The first-order valence-electron chi connectivity index (χ1n) is 20.5. The van der Waals surface area contributed by atoms with Crippen molar-refractivity contribution in [2.24, 2.45) is 53.3 Å². The third kappa shape index (κ3) is 27.9. The summed E-state index contributed by atoms with van der Waals surface area (Å²) < 4.78 is 0. The number of hydrogen-bond donors (Lipinski definition) is 0. The van der Waals surface area contributed by atoms with Crippen LogP contribution in [0.2, 0.25) is 0 Å².